The van der Waals surface area contributed by atoms with Crippen molar-refractivity contribution in [2.24, 2.45) is 10.9 Å². The average molecular weight is 414 g/mol. The summed E-state index contributed by atoms with van der Waals surface area (Å²) in [7, 11) is 0. The maximum absolute atomic E-state index is 12.2. The number of carbonyl (C=O) groups excluding carboxylic acids is 1. The molecular formula is C21H20ClN3O4. The number of rotatable bonds is 6. The molecule has 0 saturated carbocycles. The molecule has 0 fully saturated rings. The highest BCUT2D eigenvalue weighted by Gasteiger charge is 2.15. The fourth-order valence-corrected chi connectivity index (χ4v) is 2.90. The SMILES string of the molecule is Cc1cccc(Cl)c1OCc1ccc(C(=O)O/N=C(\N)c2cccc(N)c2C)o1. The molecule has 0 aliphatic rings. The fourth-order valence-electron chi connectivity index (χ4n) is 2.62. The van der Waals surface area contributed by atoms with E-state index in [1.54, 1.807) is 37.3 Å². The van der Waals surface area contributed by atoms with Gasteiger partial charge in [0.2, 0.25) is 5.76 Å². The number of amidine groups is 1. The highest BCUT2D eigenvalue weighted by Crippen LogP contribution is 2.28. The zero-order valence-corrected chi connectivity index (χ0v) is 16.7. The van der Waals surface area contributed by atoms with E-state index < -0.39 is 5.97 Å². The van der Waals surface area contributed by atoms with Crippen molar-refractivity contribution in [3.05, 3.63) is 81.8 Å². The molecule has 0 radical (unpaired) electrons. The molecule has 1 aromatic heterocycles. The van der Waals surface area contributed by atoms with E-state index >= 15 is 0 Å². The zero-order chi connectivity index (χ0) is 21.0. The second-order valence-electron chi connectivity index (χ2n) is 6.32. The van der Waals surface area contributed by atoms with Gasteiger partial charge < -0.3 is 25.5 Å². The summed E-state index contributed by atoms with van der Waals surface area (Å²) in [5.41, 5.74) is 14.5. The van der Waals surface area contributed by atoms with Crippen molar-refractivity contribution >= 4 is 29.1 Å². The van der Waals surface area contributed by atoms with Gasteiger partial charge in [0.05, 0.1) is 5.02 Å². The summed E-state index contributed by atoms with van der Waals surface area (Å²) < 4.78 is 11.1. The number of nitrogens with two attached hydrogens (primary N) is 2. The second-order valence-corrected chi connectivity index (χ2v) is 6.72. The Hall–Kier alpha value is -3.45. The zero-order valence-electron chi connectivity index (χ0n) is 15.9. The predicted molar refractivity (Wildman–Crippen MR) is 111 cm³/mol. The summed E-state index contributed by atoms with van der Waals surface area (Å²) in [5, 5.41) is 4.18. The number of ether oxygens (including phenoxy) is 1. The molecule has 0 bridgehead atoms. The molecular weight excluding hydrogens is 394 g/mol. The lowest BCUT2D eigenvalue weighted by Gasteiger charge is -2.09. The number of halogens is 1. The van der Waals surface area contributed by atoms with Gasteiger partial charge in [-0.1, -0.05) is 41.0 Å². The van der Waals surface area contributed by atoms with Crippen LogP contribution in [0.5, 0.6) is 5.75 Å². The number of para-hydroxylation sites is 1. The van der Waals surface area contributed by atoms with E-state index in [2.05, 4.69) is 5.16 Å². The minimum absolute atomic E-state index is 0.0275. The first-order valence-electron chi connectivity index (χ1n) is 8.73. The number of hydrogen-bond donors (Lipinski definition) is 2. The van der Waals surface area contributed by atoms with Crippen LogP contribution in [-0.4, -0.2) is 11.8 Å². The number of anilines is 1. The van der Waals surface area contributed by atoms with Gasteiger partial charge in [0, 0.05) is 11.3 Å². The van der Waals surface area contributed by atoms with Gasteiger partial charge in [0.1, 0.15) is 18.1 Å². The molecule has 150 valence electrons. The minimum Gasteiger partial charge on any atom is -0.484 e. The van der Waals surface area contributed by atoms with E-state index in [9.17, 15) is 4.79 Å². The van der Waals surface area contributed by atoms with E-state index in [4.69, 9.17) is 37.1 Å². The summed E-state index contributed by atoms with van der Waals surface area (Å²) in [6.45, 7) is 3.79. The summed E-state index contributed by atoms with van der Waals surface area (Å²) in [4.78, 5) is 17.0. The normalized spacial score (nSPS) is 11.3. The number of oxime groups is 1. The van der Waals surface area contributed by atoms with Crippen LogP contribution < -0.4 is 16.2 Å². The highest BCUT2D eigenvalue weighted by atomic mass is 35.5. The molecule has 8 heteroatoms. The number of benzene rings is 2. The highest BCUT2D eigenvalue weighted by molar-refractivity contribution is 6.32. The molecule has 3 aromatic rings. The third-order valence-corrected chi connectivity index (χ3v) is 4.56. The Balaban J connectivity index is 1.64. The summed E-state index contributed by atoms with van der Waals surface area (Å²) in [6, 6.07) is 13.8. The first-order valence-corrected chi connectivity index (χ1v) is 9.11. The van der Waals surface area contributed by atoms with Crippen LogP contribution in [0.3, 0.4) is 0 Å². The Morgan fingerprint density at radius 3 is 2.66 bits per heavy atom. The molecule has 0 spiro atoms. The van der Waals surface area contributed by atoms with E-state index in [0.717, 1.165) is 11.1 Å². The van der Waals surface area contributed by atoms with Gasteiger partial charge in [-0.25, -0.2) is 4.79 Å². The van der Waals surface area contributed by atoms with Gasteiger partial charge in [0.15, 0.2) is 5.84 Å². The standard InChI is InChI=1S/C21H20ClN3O4/c1-12-5-3-7-16(22)19(12)27-11-14-9-10-18(28-14)21(26)29-25-20(24)15-6-4-8-17(23)13(15)2/h3-10H,11,23H2,1-2H3,(H2,24,25). The molecule has 0 aliphatic heterocycles. The van der Waals surface area contributed by atoms with Crippen molar-refractivity contribution < 1.29 is 18.8 Å². The Morgan fingerprint density at radius 1 is 1.14 bits per heavy atom. The van der Waals surface area contributed by atoms with E-state index in [1.807, 2.05) is 19.1 Å². The molecule has 0 amide bonds. The predicted octanol–water partition coefficient (Wildman–Crippen LogP) is 4.19. The van der Waals surface area contributed by atoms with Gasteiger partial charge in [-0.2, -0.15) is 0 Å². The minimum atomic E-state index is -0.783. The third kappa shape index (κ3) is 4.70. The van der Waals surface area contributed by atoms with E-state index in [1.165, 1.54) is 6.07 Å². The topological polar surface area (TPSA) is 113 Å². The Kier molecular flexibility index (Phi) is 6.09. The van der Waals surface area contributed by atoms with Gasteiger partial charge in [0.25, 0.3) is 0 Å². The molecule has 3 rings (SSSR count). The van der Waals surface area contributed by atoms with Crippen molar-refractivity contribution in [3.8, 4) is 5.75 Å². The molecule has 7 nitrogen and oxygen atoms in total. The molecule has 0 atom stereocenters. The summed E-state index contributed by atoms with van der Waals surface area (Å²) in [5.74, 6) is 0.215. The van der Waals surface area contributed by atoms with Gasteiger partial charge in [-0.3, -0.25) is 0 Å². The number of nitrogens with zero attached hydrogens (tertiary/aromatic N) is 1. The molecule has 0 saturated heterocycles. The average Bonchev–Trinajstić information content (AvgIpc) is 3.17. The number of furan rings is 1. The largest absolute Gasteiger partial charge is 0.484 e. The monoisotopic (exact) mass is 413 g/mol. The van der Waals surface area contributed by atoms with Crippen LogP contribution in [0.4, 0.5) is 5.69 Å². The van der Waals surface area contributed by atoms with Crippen LogP contribution in [0, 0.1) is 13.8 Å². The molecule has 4 N–H and O–H groups in total. The third-order valence-electron chi connectivity index (χ3n) is 4.26. The van der Waals surface area contributed by atoms with Crippen molar-refractivity contribution in [1.29, 1.82) is 0 Å². The van der Waals surface area contributed by atoms with Crippen molar-refractivity contribution in [3.63, 3.8) is 0 Å². The second kappa shape index (κ2) is 8.70. The van der Waals surface area contributed by atoms with Crippen LogP contribution in [0.2, 0.25) is 5.02 Å². The van der Waals surface area contributed by atoms with Crippen molar-refractivity contribution in [2.45, 2.75) is 20.5 Å². The van der Waals surface area contributed by atoms with Gasteiger partial charge in [-0.15, -0.1) is 0 Å². The fraction of sp³-hybridized carbons (Fsp3) is 0.143. The molecule has 1 heterocycles. The lowest BCUT2D eigenvalue weighted by atomic mass is 10.1. The smallest absolute Gasteiger partial charge is 0.400 e. The maximum atomic E-state index is 12.2. The van der Waals surface area contributed by atoms with Crippen LogP contribution in [-0.2, 0) is 11.4 Å². The van der Waals surface area contributed by atoms with Crippen LogP contribution >= 0.6 is 11.6 Å². The number of carbonyl (C=O) groups is 1. The molecule has 29 heavy (non-hydrogen) atoms. The molecule has 0 aliphatic carbocycles. The first kappa shape index (κ1) is 20.3. The number of nitrogen functional groups attached to an aromatic ring is 1. The quantitative estimate of drug-likeness (QED) is 0.206. The van der Waals surface area contributed by atoms with Gasteiger partial charge >= 0.3 is 5.97 Å². The molecule has 0 unspecified atom stereocenters. The van der Waals surface area contributed by atoms with Crippen molar-refractivity contribution in [1.82, 2.24) is 0 Å². The Bertz CT molecular complexity index is 1060. The maximum Gasteiger partial charge on any atom is 0.400 e. The van der Waals surface area contributed by atoms with E-state index in [0.29, 0.717) is 27.8 Å². The van der Waals surface area contributed by atoms with Gasteiger partial charge in [-0.05, 0) is 49.2 Å². The van der Waals surface area contributed by atoms with E-state index in [-0.39, 0.29) is 18.2 Å². The Labute approximate surface area is 172 Å². The van der Waals surface area contributed by atoms with Crippen LogP contribution in [0.15, 0.2) is 58.1 Å². The molecule has 2 aromatic carbocycles. The number of aryl methyl sites for hydroxylation is 1. The van der Waals surface area contributed by atoms with Crippen LogP contribution in [0.25, 0.3) is 0 Å². The lowest BCUT2D eigenvalue weighted by molar-refractivity contribution is 0.0475. The Morgan fingerprint density at radius 2 is 1.90 bits per heavy atom. The lowest BCUT2D eigenvalue weighted by Crippen LogP contribution is -2.17. The van der Waals surface area contributed by atoms with Crippen molar-refractivity contribution in [2.75, 3.05) is 5.73 Å². The first-order chi connectivity index (χ1) is 13.9. The summed E-state index contributed by atoms with van der Waals surface area (Å²) >= 11 is 6.13. The summed E-state index contributed by atoms with van der Waals surface area (Å²) in [6.07, 6.45) is 0. The van der Waals surface area contributed by atoms with Crippen LogP contribution in [0.1, 0.15) is 33.0 Å². The number of hydrogen-bond acceptors (Lipinski definition) is 6.